The predicted molar refractivity (Wildman–Crippen MR) is 48.7 cm³/mol. The number of carbonyl (C=O) groups is 1. The van der Waals surface area contributed by atoms with Gasteiger partial charge in [-0.2, -0.15) is 0 Å². The van der Waals surface area contributed by atoms with Gasteiger partial charge in [-0.3, -0.25) is 4.79 Å². The van der Waals surface area contributed by atoms with E-state index in [2.05, 4.69) is 0 Å². The Labute approximate surface area is 85.0 Å². The summed E-state index contributed by atoms with van der Waals surface area (Å²) in [7, 11) is -3.79. The van der Waals surface area contributed by atoms with Crippen LogP contribution in [0.1, 0.15) is 10.4 Å². The van der Waals surface area contributed by atoms with E-state index < -0.39 is 33.1 Å². The molecule has 1 rings (SSSR count). The Morgan fingerprint density at radius 3 is 2.47 bits per heavy atom. The summed E-state index contributed by atoms with van der Waals surface area (Å²) in [5.74, 6) is -3.01. The first-order valence-electron chi connectivity index (χ1n) is 3.77. The van der Waals surface area contributed by atoms with Gasteiger partial charge in [-0.15, -0.1) is 0 Å². The van der Waals surface area contributed by atoms with Gasteiger partial charge in [-0.1, -0.05) is 0 Å². The second-order valence-electron chi connectivity index (χ2n) is 2.83. The van der Waals surface area contributed by atoms with Crippen LogP contribution in [0.5, 0.6) is 0 Å². The van der Waals surface area contributed by atoms with Gasteiger partial charge in [0, 0.05) is 0 Å². The van der Waals surface area contributed by atoms with Crippen LogP contribution in [0.4, 0.5) is 8.78 Å². The molecule has 0 saturated heterocycles. The fourth-order valence-corrected chi connectivity index (χ4v) is 1.34. The molecule has 0 heterocycles. The fourth-order valence-electron chi connectivity index (χ4n) is 0.895. The van der Waals surface area contributed by atoms with Crippen molar-refractivity contribution in [3.8, 4) is 0 Å². The molecule has 82 valence electrons. The van der Waals surface area contributed by atoms with Crippen molar-refractivity contribution in [3.05, 3.63) is 35.4 Å². The second kappa shape index (κ2) is 3.93. The van der Waals surface area contributed by atoms with E-state index in [0.29, 0.717) is 6.07 Å². The van der Waals surface area contributed by atoms with Gasteiger partial charge >= 0.3 is 0 Å². The fraction of sp³-hybridized carbons (Fsp3) is 0.125. The molecule has 0 spiro atoms. The molecule has 0 unspecified atom stereocenters. The van der Waals surface area contributed by atoms with E-state index in [9.17, 15) is 22.0 Å². The maximum absolute atomic E-state index is 13.0. The zero-order valence-corrected chi connectivity index (χ0v) is 8.44. The zero-order chi connectivity index (χ0) is 11.6. The Morgan fingerprint density at radius 2 is 1.93 bits per heavy atom. The first-order chi connectivity index (χ1) is 6.79. The highest BCUT2D eigenvalue weighted by Gasteiger charge is 2.15. The van der Waals surface area contributed by atoms with Gasteiger partial charge in [0.1, 0.15) is 11.6 Å². The number of halogens is 2. The van der Waals surface area contributed by atoms with Gasteiger partial charge in [0.2, 0.25) is 10.0 Å². The van der Waals surface area contributed by atoms with E-state index in [1.807, 2.05) is 0 Å². The molecule has 0 atom stereocenters. The lowest BCUT2D eigenvalue weighted by molar-refractivity contribution is 0.0977. The van der Waals surface area contributed by atoms with E-state index in [-0.39, 0.29) is 0 Å². The Morgan fingerprint density at radius 1 is 1.33 bits per heavy atom. The standard InChI is InChI=1S/C8H7F2NO3S/c1-15(13,14)11-8(12)6-4-5(9)2-3-7(6)10/h2-4H,1H3,(H,11,12). The molecule has 7 heteroatoms. The van der Waals surface area contributed by atoms with Crippen LogP contribution in [0.2, 0.25) is 0 Å². The molecule has 1 N–H and O–H groups in total. The van der Waals surface area contributed by atoms with Crippen molar-refractivity contribution in [1.82, 2.24) is 4.72 Å². The van der Waals surface area contributed by atoms with Gasteiger partial charge in [-0.25, -0.2) is 21.9 Å². The van der Waals surface area contributed by atoms with E-state index in [1.165, 1.54) is 4.72 Å². The average Bonchev–Trinajstić information content (AvgIpc) is 2.06. The molecule has 0 aromatic heterocycles. The van der Waals surface area contributed by atoms with Crippen LogP contribution in [0.25, 0.3) is 0 Å². The summed E-state index contributed by atoms with van der Waals surface area (Å²) < 4.78 is 48.5. The molecule has 1 aromatic carbocycles. The molecular formula is C8H7F2NO3S. The summed E-state index contributed by atoms with van der Waals surface area (Å²) in [4.78, 5) is 11.1. The smallest absolute Gasteiger partial charge is 0.267 e. The lowest BCUT2D eigenvalue weighted by Gasteiger charge is -2.03. The number of carbonyl (C=O) groups excluding carboxylic acids is 1. The number of sulfonamides is 1. The molecule has 0 aliphatic heterocycles. The molecular weight excluding hydrogens is 228 g/mol. The van der Waals surface area contributed by atoms with E-state index in [1.54, 1.807) is 0 Å². The van der Waals surface area contributed by atoms with Crippen molar-refractivity contribution < 1.29 is 22.0 Å². The monoisotopic (exact) mass is 235 g/mol. The highest BCUT2D eigenvalue weighted by molar-refractivity contribution is 7.89. The quantitative estimate of drug-likeness (QED) is 0.818. The third-order valence-corrected chi connectivity index (χ3v) is 2.01. The average molecular weight is 235 g/mol. The van der Waals surface area contributed by atoms with Crippen LogP contribution < -0.4 is 4.72 Å². The van der Waals surface area contributed by atoms with Crippen molar-refractivity contribution in [2.75, 3.05) is 6.26 Å². The summed E-state index contributed by atoms with van der Waals surface area (Å²) in [6.45, 7) is 0. The topological polar surface area (TPSA) is 63.2 Å². The van der Waals surface area contributed by atoms with Gasteiger partial charge in [0.15, 0.2) is 0 Å². The summed E-state index contributed by atoms with van der Waals surface area (Å²) in [6, 6.07) is 2.19. The second-order valence-corrected chi connectivity index (χ2v) is 4.58. The third kappa shape index (κ3) is 3.28. The van der Waals surface area contributed by atoms with Crippen molar-refractivity contribution in [1.29, 1.82) is 0 Å². The normalized spacial score (nSPS) is 11.1. The Bertz CT molecular complexity index is 499. The van der Waals surface area contributed by atoms with Gasteiger partial charge in [-0.05, 0) is 18.2 Å². The van der Waals surface area contributed by atoms with E-state index >= 15 is 0 Å². The van der Waals surface area contributed by atoms with E-state index in [4.69, 9.17) is 0 Å². The minimum atomic E-state index is -3.79. The largest absolute Gasteiger partial charge is 0.268 e. The minimum Gasteiger partial charge on any atom is -0.268 e. The number of rotatable bonds is 2. The van der Waals surface area contributed by atoms with Crippen LogP contribution in [-0.4, -0.2) is 20.6 Å². The summed E-state index contributed by atoms with van der Waals surface area (Å²) >= 11 is 0. The van der Waals surface area contributed by atoms with Crippen molar-refractivity contribution >= 4 is 15.9 Å². The van der Waals surface area contributed by atoms with E-state index in [0.717, 1.165) is 18.4 Å². The molecule has 0 bridgehead atoms. The van der Waals surface area contributed by atoms with Crippen LogP contribution in [-0.2, 0) is 10.0 Å². The molecule has 4 nitrogen and oxygen atoms in total. The maximum atomic E-state index is 13.0. The molecule has 0 aliphatic carbocycles. The van der Waals surface area contributed by atoms with Crippen LogP contribution in [0.15, 0.2) is 18.2 Å². The molecule has 0 fully saturated rings. The SMILES string of the molecule is CS(=O)(=O)NC(=O)c1cc(F)ccc1F. The lowest BCUT2D eigenvalue weighted by atomic mass is 10.2. The van der Waals surface area contributed by atoms with Crippen molar-refractivity contribution in [2.24, 2.45) is 0 Å². The zero-order valence-electron chi connectivity index (χ0n) is 7.62. The molecule has 0 saturated carbocycles. The Kier molecular flexibility index (Phi) is 3.04. The highest BCUT2D eigenvalue weighted by Crippen LogP contribution is 2.09. The van der Waals surface area contributed by atoms with Crippen LogP contribution >= 0.6 is 0 Å². The molecule has 1 amide bonds. The van der Waals surface area contributed by atoms with Gasteiger partial charge in [0.25, 0.3) is 5.91 Å². The number of amides is 1. The lowest BCUT2D eigenvalue weighted by Crippen LogP contribution is -2.30. The number of nitrogens with one attached hydrogen (secondary N) is 1. The summed E-state index contributed by atoms with van der Waals surface area (Å²) in [6.07, 6.45) is 0.738. The van der Waals surface area contributed by atoms with Crippen molar-refractivity contribution in [3.63, 3.8) is 0 Å². The molecule has 1 aromatic rings. The molecule has 0 radical (unpaired) electrons. The van der Waals surface area contributed by atoms with Crippen LogP contribution in [0, 0.1) is 11.6 Å². The first-order valence-corrected chi connectivity index (χ1v) is 5.66. The predicted octanol–water partition coefficient (Wildman–Crippen LogP) is 0.654. The number of benzene rings is 1. The van der Waals surface area contributed by atoms with Gasteiger partial charge < -0.3 is 0 Å². The number of hydrogen-bond acceptors (Lipinski definition) is 3. The highest BCUT2D eigenvalue weighted by atomic mass is 32.2. The summed E-state index contributed by atoms with van der Waals surface area (Å²) in [5.41, 5.74) is -0.652. The van der Waals surface area contributed by atoms with Crippen molar-refractivity contribution in [2.45, 2.75) is 0 Å². The third-order valence-electron chi connectivity index (χ3n) is 1.45. The first kappa shape index (κ1) is 11.6. The Hall–Kier alpha value is -1.50. The Balaban J connectivity index is 3.06. The minimum absolute atomic E-state index is 0.621. The van der Waals surface area contributed by atoms with Crippen LogP contribution in [0.3, 0.4) is 0 Å². The number of hydrogen-bond donors (Lipinski definition) is 1. The summed E-state index contributed by atoms with van der Waals surface area (Å²) in [5, 5.41) is 0. The maximum Gasteiger partial charge on any atom is 0.267 e. The van der Waals surface area contributed by atoms with Gasteiger partial charge in [0.05, 0.1) is 11.8 Å². The molecule has 0 aliphatic rings. The molecule has 15 heavy (non-hydrogen) atoms.